The van der Waals surface area contributed by atoms with Crippen LogP contribution in [-0.4, -0.2) is 20.7 Å². The van der Waals surface area contributed by atoms with Crippen LogP contribution < -0.4 is 5.32 Å². The molecule has 0 aliphatic rings. The van der Waals surface area contributed by atoms with Gasteiger partial charge in [-0.25, -0.2) is 4.98 Å². The minimum Gasteiger partial charge on any atom is -0.319 e. The van der Waals surface area contributed by atoms with E-state index in [2.05, 4.69) is 15.4 Å². The summed E-state index contributed by atoms with van der Waals surface area (Å²) in [5, 5.41) is 7.33. The molecule has 2 rings (SSSR count). The summed E-state index contributed by atoms with van der Waals surface area (Å²) in [5.74, 6) is -0.219. The number of nitrogens with one attached hydrogen (secondary N) is 1. The molecule has 19 heavy (non-hydrogen) atoms. The zero-order valence-electron chi connectivity index (χ0n) is 11.1. The second kappa shape index (κ2) is 5.40. The van der Waals surface area contributed by atoms with E-state index in [1.165, 1.54) is 0 Å². The van der Waals surface area contributed by atoms with E-state index in [-0.39, 0.29) is 11.1 Å². The lowest BCUT2D eigenvalue weighted by Gasteiger charge is -2.09. The van der Waals surface area contributed by atoms with Crippen molar-refractivity contribution in [1.29, 1.82) is 0 Å². The number of nitrogens with zero attached hydrogens (tertiary/aromatic N) is 3. The quantitative estimate of drug-likeness (QED) is 0.878. The van der Waals surface area contributed by atoms with Gasteiger partial charge in [-0.1, -0.05) is 18.5 Å². The Hall–Kier alpha value is -1.88. The Morgan fingerprint density at radius 1 is 1.53 bits per heavy atom. The standard InChI is InChI=1S/C13H15ClN4O/c1-4-10-9(7-18(3)17-10)13(19)16-11-8(2)5-6-15-12(11)14/h5-7H,4H2,1-3H3,(H,16,19). The van der Waals surface area contributed by atoms with Crippen LogP contribution in [0.2, 0.25) is 5.15 Å². The highest BCUT2D eigenvalue weighted by Gasteiger charge is 2.16. The summed E-state index contributed by atoms with van der Waals surface area (Å²) in [4.78, 5) is 16.2. The molecule has 0 unspecified atom stereocenters. The van der Waals surface area contributed by atoms with Crippen molar-refractivity contribution in [1.82, 2.24) is 14.8 Å². The van der Waals surface area contributed by atoms with E-state index in [0.717, 1.165) is 11.3 Å². The average Bonchev–Trinajstić information content (AvgIpc) is 2.75. The first-order valence-electron chi connectivity index (χ1n) is 5.98. The van der Waals surface area contributed by atoms with Crippen LogP contribution in [0.15, 0.2) is 18.5 Å². The fourth-order valence-corrected chi connectivity index (χ4v) is 2.09. The molecule has 1 amide bonds. The van der Waals surface area contributed by atoms with E-state index in [0.29, 0.717) is 17.7 Å². The minimum absolute atomic E-state index is 0.219. The predicted molar refractivity (Wildman–Crippen MR) is 74.5 cm³/mol. The molecule has 5 nitrogen and oxygen atoms in total. The number of pyridine rings is 1. The summed E-state index contributed by atoms with van der Waals surface area (Å²) >= 11 is 5.99. The fourth-order valence-electron chi connectivity index (χ4n) is 1.84. The molecule has 0 spiro atoms. The Bertz CT molecular complexity index is 601. The molecule has 0 saturated heterocycles. The van der Waals surface area contributed by atoms with Gasteiger partial charge >= 0.3 is 0 Å². The maximum absolute atomic E-state index is 12.3. The number of carbonyl (C=O) groups excluding carboxylic acids is 1. The lowest BCUT2D eigenvalue weighted by molar-refractivity contribution is 0.102. The monoisotopic (exact) mass is 278 g/mol. The molecule has 0 aliphatic heterocycles. The molecule has 1 N–H and O–H groups in total. The third kappa shape index (κ3) is 2.76. The highest BCUT2D eigenvalue weighted by Crippen LogP contribution is 2.23. The van der Waals surface area contributed by atoms with Crippen LogP contribution in [-0.2, 0) is 13.5 Å². The van der Waals surface area contributed by atoms with Gasteiger partial charge in [-0.2, -0.15) is 5.10 Å². The number of amides is 1. The third-order valence-corrected chi connectivity index (χ3v) is 3.12. The molecule has 0 bridgehead atoms. The highest BCUT2D eigenvalue weighted by atomic mass is 35.5. The fraction of sp³-hybridized carbons (Fsp3) is 0.308. The lowest BCUT2D eigenvalue weighted by Crippen LogP contribution is -2.14. The van der Waals surface area contributed by atoms with Gasteiger partial charge in [-0.3, -0.25) is 9.48 Å². The molecule has 0 saturated carbocycles. The van der Waals surface area contributed by atoms with Gasteiger partial charge in [-0.05, 0) is 25.0 Å². The summed E-state index contributed by atoms with van der Waals surface area (Å²) in [5.41, 5.74) is 2.73. The summed E-state index contributed by atoms with van der Waals surface area (Å²) in [6.45, 7) is 3.83. The Balaban J connectivity index is 2.31. The van der Waals surface area contributed by atoms with Crippen LogP contribution in [0, 0.1) is 6.92 Å². The molecule has 2 heterocycles. The lowest BCUT2D eigenvalue weighted by atomic mass is 10.2. The smallest absolute Gasteiger partial charge is 0.259 e. The molecular formula is C13H15ClN4O. The van der Waals surface area contributed by atoms with E-state index in [1.807, 2.05) is 13.8 Å². The summed E-state index contributed by atoms with van der Waals surface area (Å²) in [6, 6.07) is 1.80. The molecule has 6 heteroatoms. The van der Waals surface area contributed by atoms with Gasteiger partial charge in [0.25, 0.3) is 5.91 Å². The number of aromatic nitrogens is 3. The van der Waals surface area contributed by atoms with Gasteiger partial charge in [0.15, 0.2) is 5.15 Å². The van der Waals surface area contributed by atoms with E-state index >= 15 is 0 Å². The number of anilines is 1. The van der Waals surface area contributed by atoms with Crippen LogP contribution in [0.3, 0.4) is 0 Å². The maximum Gasteiger partial charge on any atom is 0.259 e. The van der Waals surface area contributed by atoms with Crippen molar-refractivity contribution in [2.45, 2.75) is 20.3 Å². The van der Waals surface area contributed by atoms with Gasteiger partial charge in [-0.15, -0.1) is 0 Å². The first-order valence-corrected chi connectivity index (χ1v) is 6.35. The number of carbonyl (C=O) groups is 1. The molecular weight excluding hydrogens is 264 g/mol. The molecule has 0 atom stereocenters. The summed E-state index contributed by atoms with van der Waals surface area (Å²) in [6.07, 6.45) is 4.01. The zero-order valence-corrected chi connectivity index (χ0v) is 11.8. The Labute approximate surface area is 116 Å². The molecule has 0 aliphatic carbocycles. The normalized spacial score (nSPS) is 10.5. The minimum atomic E-state index is -0.219. The van der Waals surface area contributed by atoms with Crippen molar-refractivity contribution in [2.75, 3.05) is 5.32 Å². The average molecular weight is 279 g/mol. The third-order valence-electron chi connectivity index (χ3n) is 2.84. The zero-order chi connectivity index (χ0) is 14.0. The van der Waals surface area contributed by atoms with Crippen molar-refractivity contribution in [3.05, 3.63) is 40.4 Å². The molecule has 2 aromatic heterocycles. The van der Waals surface area contributed by atoms with Crippen molar-refractivity contribution < 1.29 is 4.79 Å². The van der Waals surface area contributed by atoms with Gasteiger partial charge in [0, 0.05) is 19.4 Å². The topological polar surface area (TPSA) is 59.8 Å². The van der Waals surface area contributed by atoms with E-state index in [1.54, 1.807) is 30.2 Å². The molecule has 0 radical (unpaired) electrons. The second-order valence-electron chi connectivity index (χ2n) is 4.26. The number of halogens is 1. The van der Waals surface area contributed by atoms with Crippen LogP contribution in [0.4, 0.5) is 5.69 Å². The van der Waals surface area contributed by atoms with Crippen molar-refractivity contribution in [3.63, 3.8) is 0 Å². The first kappa shape index (κ1) is 13.5. The van der Waals surface area contributed by atoms with Crippen LogP contribution >= 0.6 is 11.6 Å². The highest BCUT2D eigenvalue weighted by molar-refractivity contribution is 6.32. The maximum atomic E-state index is 12.3. The van der Waals surface area contributed by atoms with Crippen LogP contribution in [0.5, 0.6) is 0 Å². The molecule has 2 aromatic rings. The number of hydrogen-bond acceptors (Lipinski definition) is 3. The molecule has 0 fully saturated rings. The molecule has 100 valence electrons. The van der Waals surface area contributed by atoms with E-state index < -0.39 is 0 Å². The van der Waals surface area contributed by atoms with E-state index in [4.69, 9.17) is 11.6 Å². The Kier molecular flexibility index (Phi) is 3.85. The van der Waals surface area contributed by atoms with Gasteiger partial charge in [0.05, 0.1) is 16.9 Å². The van der Waals surface area contributed by atoms with Gasteiger partial charge < -0.3 is 5.32 Å². The van der Waals surface area contributed by atoms with Crippen molar-refractivity contribution in [3.8, 4) is 0 Å². The summed E-state index contributed by atoms with van der Waals surface area (Å²) in [7, 11) is 1.79. The second-order valence-corrected chi connectivity index (χ2v) is 4.62. The van der Waals surface area contributed by atoms with Crippen molar-refractivity contribution in [2.24, 2.45) is 7.05 Å². The number of hydrogen-bond donors (Lipinski definition) is 1. The number of aryl methyl sites for hydroxylation is 3. The van der Waals surface area contributed by atoms with Crippen molar-refractivity contribution >= 4 is 23.2 Å². The van der Waals surface area contributed by atoms with Gasteiger partial charge in [0.2, 0.25) is 0 Å². The largest absolute Gasteiger partial charge is 0.319 e. The summed E-state index contributed by atoms with van der Waals surface area (Å²) < 4.78 is 1.63. The first-order chi connectivity index (χ1) is 9.02. The van der Waals surface area contributed by atoms with Crippen LogP contribution in [0.25, 0.3) is 0 Å². The van der Waals surface area contributed by atoms with Crippen LogP contribution in [0.1, 0.15) is 28.5 Å². The Morgan fingerprint density at radius 2 is 2.26 bits per heavy atom. The number of rotatable bonds is 3. The SMILES string of the molecule is CCc1nn(C)cc1C(=O)Nc1c(C)ccnc1Cl. The Morgan fingerprint density at radius 3 is 2.89 bits per heavy atom. The van der Waals surface area contributed by atoms with E-state index in [9.17, 15) is 4.79 Å². The molecule has 0 aromatic carbocycles. The van der Waals surface area contributed by atoms with Gasteiger partial charge in [0.1, 0.15) is 0 Å². The predicted octanol–water partition coefficient (Wildman–Crippen LogP) is 2.59.